The third kappa shape index (κ3) is 2.99. The highest BCUT2D eigenvalue weighted by Crippen LogP contribution is 1.94. The zero-order valence-electron chi connectivity index (χ0n) is 7.62. The fraction of sp³-hybridized carbons (Fsp3) is 0.250. The highest BCUT2D eigenvalue weighted by Gasteiger charge is 2.19. The van der Waals surface area contributed by atoms with Crippen molar-refractivity contribution in [2.24, 2.45) is 0 Å². The van der Waals surface area contributed by atoms with Gasteiger partial charge in [-0.15, -0.1) is 0 Å². The predicted octanol–water partition coefficient (Wildman–Crippen LogP) is -1.35. The van der Waals surface area contributed by atoms with Crippen LogP contribution in [0.2, 0.25) is 0 Å². The molecule has 0 aliphatic rings. The molecule has 80 valence electrons. The van der Waals surface area contributed by atoms with Crippen molar-refractivity contribution in [2.45, 2.75) is 6.04 Å². The van der Waals surface area contributed by atoms with Gasteiger partial charge >= 0.3 is 5.97 Å². The van der Waals surface area contributed by atoms with E-state index >= 15 is 0 Å². The van der Waals surface area contributed by atoms with E-state index in [0.717, 1.165) is 0 Å². The van der Waals surface area contributed by atoms with Gasteiger partial charge in [-0.05, 0) is 0 Å². The quantitative estimate of drug-likeness (QED) is 0.567. The third-order valence-electron chi connectivity index (χ3n) is 1.61. The third-order valence-corrected chi connectivity index (χ3v) is 1.61. The number of rotatable bonds is 4. The van der Waals surface area contributed by atoms with Crippen molar-refractivity contribution >= 4 is 11.9 Å². The Kier molecular flexibility index (Phi) is 3.69. The van der Waals surface area contributed by atoms with Gasteiger partial charge in [0.2, 0.25) is 0 Å². The van der Waals surface area contributed by atoms with Crippen LogP contribution in [-0.2, 0) is 4.79 Å². The molecule has 0 radical (unpaired) electrons. The largest absolute Gasteiger partial charge is 0.480 e. The average molecular weight is 211 g/mol. The maximum atomic E-state index is 11.4. The zero-order valence-corrected chi connectivity index (χ0v) is 7.62. The summed E-state index contributed by atoms with van der Waals surface area (Å²) in [5.41, 5.74) is 0.136. The number of aliphatic hydroxyl groups is 1. The molecule has 1 aromatic rings. The summed E-state index contributed by atoms with van der Waals surface area (Å²) in [5, 5.41) is 19.3. The van der Waals surface area contributed by atoms with Gasteiger partial charge in [-0.25, -0.2) is 14.8 Å². The summed E-state index contributed by atoms with van der Waals surface area (Å²) in [6.07, 6.45) is 3.74. The minimum Gasteiger partial charge on any atom is -0.480 e. The van der Waals surface area contributed by atoms with E-state index in [1.165, 1.54) is 18.7 Å². The first kappa shape index (κ1) is 11.1. The smallest absolute Gasteiger partial charge is 0.328 e. The monoisotopic (exact) mass is 211 g/mol. The number of aliphatic carboxylic acids is 1. The van der Waals surface area contributed by atoms with Gasteiger partial charge in [-0.1, -0.05) is 0 Å². The lowest BCUT2D eigenvalue weighted by Crippen LogP contribution is -2.43. The standard InChI is InChI=1S/C8H9N3O4/c12-3-6(8(14)15)11-7(13)5-1-9-4-10-2-5/h1-2,4,6,12H,3H2,(H,11,13)(H,14,15)/t6-/m0/s1. The fourth-order valence-corrected chi connectivity index (χ4v) is 0.843. The van der Waals surface area contributed by atoms with Gasteiger partial charge in [0.15, 0.2) is 6.04 Å². The van der Waals surface area contributed by atoms with Crippen LogP contribution in [0, 0.1) is 0 Å². The number of carbonyl (C=O) groups is 2. The van der Waals surface area contributed by atoms with E-state index in [2.05, 4.69) is 15.3 Å². The Balaban J connectivity index is 2.67. The van der Waals surface area contributed by atoms with Gasteiger partial charge in [0.05, 0.1) is 12.2 Å². The van der Waals surface area contributed by atoms with Crippen LogP contribution in [0.15, 0.2) is 18.7 Å². The molecule has 0 spiro atoms. The van der Waals surface area contributed by atoms with Crippen molar-refractivity contribution in [2.75, 3.05) is 6.61 Å². The number of carbonyl (C=O) groups excluding carboxylic acids is 1. The van der Waals surface area contributed by atoms with Crippen molar-refractivity contribution in [3.63, 3.8) is 0 Å². The number of carboxylic acids is 1. The number of carboxylic acid groups (broad SMARTS) is 1. The van der Waals surface area contributed by atoms with Crippen LogP contribution in [0.5, 0.6) is 0 Å². The first-order chi connectivity index (χ1) is 7.15. The van der Waals surface area contributed by atoms with Gasteiger partial charge < -0.3 is 15.5 Å². The SMILES string of the molecule is O=C(N[C@@H](CO)C(=O)O)c1cncnc1. The van der Waals surface area contributed by atoms with E-state index in [1.54, 1.807) is 0 Å². The zero-order chi connectivity index (χ0) is 11.3. The van der Waals surface area contributed by atoms with Crippen molar-refractivity contribution in [3.05, 3.63) is 24.3 Å². The van der Waals surface area contributed by atoms with Gasteiger partial charge in [0.25, 0.3) is 5.91 Å². The second-order valence-electron chi connectivity index (χ2n) is 2.67. The van der Waals surface area contributed by atoms with Crippen LogP contribution in [0.25, 0.3) is 0 Å². The topological polar surface area (TPSA) is 112 Å². The highest BCUT2D eigenvalue weighted by molar-refractivity contribution is 5.96. The number of hydrogen-bond acceptors (Lipinski definition) is 5. The summed E-state index contributed by atoms with van der Waals surface area (Å²) in [7, 11) is 0. The molecule has 7 nitrogen and oxygen atoms in total. The first-order valence-corrected chi connectivity index (χ1v) is 4.04. The Labute approximate surface area is 84.8 Å². The fourth-order valence-electron chi connectivity index (χ4n) is 0.843. The first-order valence-electron chi connectivity index (χ1n) is 4.04. The summed E-state index contributed by atoms with van der Waals surface area (Å²) in [5.74, 6) is -1.94. The second-order valence-corrected chi connectivity index (χ2v) is 2.67. The molecule has 0 aliphatic carbocycles. The summed E-state index contributed by atoms with van der Waals surface area (Å²) in [6, 6.07) is -1.32. The molecule has 3 N–H and O–H groups in total. The molecule has 0 bridgehead atoms. The molecule has 15 heavy (non-hydrogen) atoms. The van der Waals surface area contributed by atoms with Crippen LogP contribution < -0.4 is 5.32 Å². The average Bonchev–Trinajstić information content (AvgIpc) is 2.26. The van der Waals surface area contributed by atoms with Crippen LogP contribution in [0.1, 0.15) is 10.4 Å². The molecule has 0 aromatic carbocycles. The molecule has 0 saturated carbocycles. The van der Waals surface area contributed by atoms with Crippen molar-refractivity contribution in [3.8, 4) is 0 Å². The molecule has 0 aliphatic heterocycles. The lowest BCUT2D eigenvalue weighted by Gasteiger charge is -2.10. The van der Waals surface area contributed by atoms with E-state index in [-0.39, 0.29) is 5.56 Å². The molecule has 0 saturated heterocycles. The second kappa shape index (κ2) is 5.01. The maximum absolute atomic E-state index is 11.4. The van der Waals surface area contributed by atoms with Crippen molar-refractivity contribution in [1.82, 2.24) is 15.3 Å². The molecule has 1 aromatic heterocycles. The molecule has 0 fully saturated rings. The van der Waals surface area contributed by atoms with E-state index in [9.17, 15) is 9.59 Å². The Hall–Kier alpha value is -2.02. The Bertz CT molecular complexity index is 354. The molecule has 1 amide bonds. The molecule has 0 unspecified atom stereocenters. The van der Waals surface area contributed by atoms with Crippen LogP contribution in [-0.4, -0.2) is 44.7 Å². The number of nitrogens with one attached hydrogen (secondary N) is 1. The lowest BCUT2D eigenvalue weighted by molar-refractivity contribution is -0.140. The summed E-state index contributed by atoms with van der Waals surface area (Å²) < 4.78 is 0. The Morgan fingerprint density at radius 1 is 1.40 bits per heavy atom. The molecule has 7 heteroatoms. The normalized spacial score (nSPS) is 11.8. The van der Waals surface area contributed by atoms with Gasteiger partial charge in [-0.2, -0.15) is 0 Å². The van der Waals surface area contributed by atoms with E-state index in [1.807, 2.05) is 0 Å². The number of aliphatic hydroxyl groups excluding tert-OH is 1. The highest BCUT2D eigenvalue weighted by atomic mass is 16.4. The number of amides is 1. The molecule has 1 rings (SSSR count). The van der Waals surface area contributed by atoms with Crippen LogP contribution >= 0.6 is 0 Å². The van der Waals surface area contributed by atoms with Gasteiger partial charge in [-0.3, -0.25) is 4.79 Å². The minimum absolute atomic E-state index is 0.136. The molecule has 1 heterocycles. The van der Waals surface area contributed by atoms with Gasteiger partial charge in [0.1, 0.15) is 6.33 Å². The van der Waals surface area contributed by atoms with E-state index < -0.39 is 24.5 Å². The van der Waals surface area contributed by atoms with Crippen LogP contribution in [0.3, 0.4) is 0 Å². The minimum atomic E-state index is -1.32. The number of hydrogen-bond donors (Lipinski definition) is 3. The maximum Gasteiger partial charge on any atom is 0.328 e. The number of aromatic nitrogens is 2. The summed E-state index contributed by atoms with van der Waals surface area (Å²) in [4.78, 5) is 29.0. The Morgan fingerprint density at radius 3 is 2.47 bits per heavy atom. The van der Waals surface area contributed by atoms with E-state index in [4.69, 9.17) is 10.2 Å². The molecule has 1 atom stereocenters. The number of nitrogens with zero attached hydrogens (tertiary/aromatic N) is 2. The van der Waals surface area contributed by atoms with E-state index in [0.29, 0.717) is 0 Å². The van der Waals surface area contributed by atoms with Crippen molar-refractivity contribution in [1.29, 1.82) is 0 Å². The van der Waals surface area contributed by atoms with Crippen LogP contribution in [0.4, 0.5) is 0 Å². The Morgan fingerprint density at radius 2 is 2.00 bits per heavy atom. The molecular formula is C8H9N3O4. The summed E-state index contributed by atoms with van der Waals surface area (Å²) >= 11 is 0. The summed E-state index contributed by atoms with van der Waals surface area (Å²) in [6.45, 7) is -0.672. The van der Waals surface area contributed by atoms with Gasteiger partial charge in [0, 0.05) is 12.4 Å². The predicted molar refractivity (Wildman–Crippen MR) is 48.0 cm³/mol. The lowest BCUT2D eigenvalue weighted by atomic mass is 10.2. The molecular weight excluding hydrogens is 202 g/mol. The van der Waals surface area contributed by atoms with Crippen molar-refractivity contribution < 1.29 is 19.8 Å².